The first-order valence-electron chi connectivity index (χ1n) is 15.3. The van der Waals surface area contributed by atoms with Crippen molar-refractivity contribution >= 4 is 13.8 Å². The van der Waals surface area contributed by atoms with Crippen molar-refractivity contribution in [2.24, 2.45) is 0 Å². The van der Waals surface area contributed by atoms with Crippen LogP contribution in [0.15, 0.2) is 0 Å². The van der Waals surface area contributed by atoms with Crippen LogP contribution in [0, 0.1) is 0 Å². The zero-order valence-electron chi connectivity index (χ0n) is 25.2. The molecule has 2 aliphatic heterocycles. The highest BCUT2D eigenvalue weighted by atomic mass is 31.2. The Labute approximate surface area is 232 Å². The van der Waals surface area contributed by atoms with Gasteiger partial charge in [-0.05, 0) is 20.3 Å². The number of nitrogens with zero attached hydrogens (tertiary/aromatic N) is 1. The van der Waals surface area contributed by atoms with E-state index in [1.807, 2.05) is 21.0 Å². The zero-order valence-corrected chi connectivity index (χ0v) is 26.1. The first-order chi connectivity index (χ1) is 18.1. The fraction of sp³-hybridized carbons (Fsp3) is 0.966. The first kappa shape index (κ1) is 33.7. The molecule has 38 heavy (non-hydrogen) atoms. The van der Waals surface area contributed by atoms with Crippen LogP contribution in [-0.4, -0.2) is 68.3 Å². The van der Waals surface area contributed by atoms with Crippen LogP contribution in [-0.2, 0) is 32.4 Å². The molecule has 2 heterocycles. The van der Waals surface area contributed by atoms with E-state index in [-0.39, 0.29) is 12.3 Å². The number of fused-ring (bicyclic) bond motifs is 1. The van der Waals surface area contributed by atoms with Gasteiger partial charge in [0.15, 0.2) is 12.2 Å². The molecule has 224 valence electrons. The van der Waals surface area contributed by atoms with E-state index in [4.69, 9.17) is 23.0 Å². The second-order valence-electron chi connectivity index (χ2n) is 11.9. The number of hydrogen-bond acceptors (Lipinski definition) is 7. The molecule has 0 aromatic heterocycles. The number of rotatable bonds is 21. The lowest BCUT2D eigenvalue weighted by atomic mass is 10.0. The van der Waals surface area contributed by atoms with Crippen molar-refractivity contribution in [2.45, 2.75) is 155 Å². The minimum absolute atomic E-state index is 0.246. The summed E-state index contributed by atoms with van der Waals surface area (Å²) in [6.45, 7) is 8.69. The van der Waals surface area contributed by atoms with Gasteiger partial charge in [-0.2, -0.15) is 0 Å². The van der Waals surface area contributed by atoms with E-state index in [0.717, 1.165) is 25.8 Å². The average Bonchev–Trinajstić information content (AvgIpc) is 3.33. The summed E-state index contributed by atoms with van der Waals surface area (Å²) in [5.41, 5.74) is 0. The van der Waals surface area contributed by atoms with Crippen LogP contribution in [0.2, 0.25) is 0 Å². The molecule has 9 heteroatoms. The summed E-state index contributed by atoms with van der Waals surface area (Å²) >= 11 is 0. The van der Waals surface area contributed by atoms with Crippen LogP contribution >= 0.6 is 7.82 Å². The van der Waals surface area contributed by atoms with Crippen molar-refractivity contribution in [3.05, 3.63) is 0 Å². The van der Waals surface area contributed by atoms with Crippen molar-refractivity contribution in [1.82, 2.24) is 0 Å². The Bertz CT molecular complexity index is 719. The van der Waals surface area contributed by atoms with Gasteiger partial charge < -0.3 is 14.0 Å². The maximum absolute atomic E-state index is 13.2. The van der Waals surface area contributed by atoms with Crippen LogP contribution in [0.3, 0.4) is 0 Å². The summed E-state index contributed by atoms with van der Waals surface area (Å²) in [6.07, 6.45) is 16.7. The van der Waals surface area contributed by atoms with Crippen molar-refractivity contribution in [2.75, 3.05) is 27.2 Å². The number of phosphoric ester groups is 1. The topological polar surface area (TPSA) is 80.3 Å². The normalized spacial score (nSPS) is 26.7. The maximum Gasteiger partial charge on any atom is 0.480 e. The van der Waals surface area contributed by atoms with Crippen LogP contribution in [0.5, 0.6) is 0 Å². The highest BCUT2D eigenvalue weighted by Crippen LogP contribution is 2.61. The largest absolute Gasteiger partial charge is 0.480 e. The third-order valence-electron chi connectivity index (χ3n) is 7.90. The summed E-state index contributed by atoms with van der Waals surface area (Å²) in [5, 5.41) is 0. The SMILES string of the molecule is CCCCCCCCCCCCCCCCOC(C)C(OC(C)=O)C(C)OP1(=O)OC2CC[N+](C)(C)C2O1. The molecule has 6 atom stereocenters. The molecule has 0 bridgehead atoms. The molecule has 2 saturated heterocycles. The smallest absolute Gasteiger partial charge is 0.457 e. The van der Waals surface area contributed by atoms with Gasteiger partial charge in [-0.3, -0.25) is 13.8 Å². The molecule has 0 amide bonds. The standard InChI is InChI=1S/C29H57NO7P/c1-7-8-9-10-11-12-13-14-15-16-17-18-19-20-23-33-24(2)28(34-26(4)31)25(3)35-38(32)36-27-21-22-30(5,6)29(27)37-38/h24-25,27-29H,7-23H2,1-6H3/q+1. The number of phosphoric acid groups is 1. The number of likely N-dealkylation sites (N-methyl/N-ethyl adjacent to an activating group) is 1. The van der Waals surface area contributed by atoms with E-state index in [1.165, 1.54) is 84.0 Å². The zero-order chi connectivity index (χ0) is 28.0. The van der Waals surface area contributed by atoms with Crippen molar-refractivity contribution in [3.8, 4) is 0 Å². The number of hydrogen-bond donors (Lipinski definition) is 0. The van der Waals surface area contributed by atoms with Crippen LogP contribution in [0.4, 0.5) is 0 Å². The van der Waals surface area contributed by atoms with Crippen LogP contribution in [0.25, 0.3) is 0 Å². The Balaban J connectivity index is 1.59. The maximum atomic E-state index is 13.2. The monoisotopic (exact) mass is 562 g/mol. The Morgan fingerprint density at radius 1 is 0.868 bits per heavy atom. The average molecular weight is 563 g/mol. The number of ether oxygens (including phenoxy) is 2. The van der Waals surface area contributed by atoms with Gasteiger partial charge in [0.1, 0.15) is 6.10 Å². The van der Waals surface area contributed by atoms with Crippen molar-refractivity contribution in [3.63, 3.8) is 0 Å². The second-order valence-corrected chi connectivity index (χ2v) is 13.5. The molecule has 8 nitrogen and oxygen atoms in total. The Kier molecular flexibility index (Phi) is 15.4. The van der Waals surface area contributed by atoms with Gasteiger partial charge in [-0.25, -0.2) is 9.09 Å². The molecule has 0 saturated carbocycles. The molecule has 2 aliphatic rings. The fourth-order valence-electron chi connectivity index (χ4n) is 5.54. The summed E-state index contributed by atoms with van der Waals surface area (Å²) in [5.74, 6) is -0.432. The van der Waals surface area contributed by atoms with Gasteiger partial charge >= 0.3 is 13.8 Å². The van der Waals surface area contributed by atoms with Gasteiger partial charge in [-0.1, -0.05) is 90.4 Å². The molecule has 0 aromatic rings. The molecule has 2 rings (SSSR count). The number of carbonyl (C=O) groups is 1. The third-order valence-corrected chi connectivity index (χ3v) is 9.49. The number of esters is 1. The minimum atomic E-state index is -3.75. The predicted molar refractivity (Wildman–Crippen MR) is 151 cm³/mol. The highest BCUT2D eigenvalue weighted by molar-refractivity contribution is 7.48. The summed E-state index contributed by atoms with van der Waals surface area (Å²) < 4.78 is 42.6. The van der Waals surface area contributed by atoms with Crippen LogP contribution < -0.4 is 0 Å². The third kappa shape index (κ3) is 11.9. The summed E-state index contributed by atoms with van der Waals surface area (Å²) in [7, 11) is 0.313. The van der Waals surface area contributed by atoms with Crippen molar-refractivity contribution < 1.29 is 36.9 Å². The molecule has 2 fully saturated rings. The Morgan fingerprint density at radius 3 is 1.89 bits per heavy atom. The molecule has 0 radical (unpaired) electrons. The van der Waals surface area contributed by atoms with E-state index < -0.39 is 32.1 Å². The molecule has 0 N–H and O–H groups in total. The Morgan fingerprint density at radius 2 is 1.39 bits per heavy atom. The van der Waals surface area contributed by atoms with Gasteiger partial charge in [0.25, 0.3) is 0 Å². The van der Waals surface area contributed by atoms with E-state index >= 15 is 0 Å². The van der Waals surface area contributed by atoms with Gasteiger partial charge in [0.2, 0.25) is 6.23 Å². The van der Waals surface area contributed by atoms with E-state index in [1.54, 1.807) is 6.92 Å². The predicted octanol–water partition coefficient (Wildman–Crippen LogP) is 7.54. The summed E-state index contributed by atoms with van der Waals surface area (Å²) in [4.78, 5) is 11.8. The molecule has 0 aliphatic carbocycles. The lowest BCUT2D eigenvalue weighted by Gasteiger charge is -2.31. The van der Waals surface area contributed by atoms with Gasteiger partial charge in [-0.15, -0.1) is 0 Å². The van der Waals surface area contributed by atoms with Gasteiger partial charge in [0.05, 0.1) is 26.7 Å². The number of quaternary nitrogens is 1. The summed E-state index contributed by atoms with van der Waals surface area (Å²) in [6, 6.07) is 0. The second kappa shape index (κ2) is 17.3. The lowest BCUT2D eigenvalue weighted by molar-refractivity contribution is -0.920. The highest BCUT2D eigenvalue weighted by Gasteiger charge is 2.58. The van der Waals surface area contributed by atoms with E-state index in [0.29, 0.717) is 11.1 Å². The minimum Gasteiger partial charge on any atom is -0.457 e. The molecule has 0 aromatic carbocycles. The molecule has 0 spiro atoms. The fourth-order valence-corrected chi connectivity index (χ4v) is 7.42. The number of likely N-dealkylation sites (tertiary alicyclic amines) is 1. The molecular formula is C29H57NO7P+. The first-order valence-corrected chi connectivity index (χ1v) is 16.8. The lowest BCUT2D eigenvalue weighted by Crippen LogP contribution is -2.46. The van der Waals surface area contributed by atoms with Gasteiger partial charge in [0, 0.05) is 20.0 Å². The quantitative estimate of drug-likeness (QED) is 0.0619. The van der Waals surface area contributed by atoms with Crippen molar-refractivity contribution in [1.29, 1.82) is 0 Å². The van der Waals surface area contributed by atoms with E-state index in [9.17, 15) is 9.36 Å². The molecule has 6 unspecified atom stereocenters. The number of carbonyl (C=O) groups excluding carboxylic acids is 1. The number of unbranched alkanes of at least 4 members (excludes halogenated alkanes) is 13. The van der Waals surface area contributed by atoms with E-state index in [2.05, 4.69) is 6.92 Å². The molecular weight excluding hydrogens is 505 g/mol. The van der Waals surface area contributed by atoms with Crippen LogP contribution in [0.1, 0.15) is 124 Å². The Hall–Kier alpha value is -0.500.